The number of hydrogen-bond acceptors (Lipinski definition) is 5. The maximum atomic E-state index is 13.2. The quantitative estimate of drug-likeness (QED) is 0.769. The zero-order valence-electron chi connectivity index (χ0n) is 18.6. The second-order valence-electron chi connectivity index (χ2n) is 9.25. The van der Waals surface area contributed by atoms with Crippen LogP contribution in [0.25, 0.3) is 0 Å². The van der Waals surface area contributed by atoms with Gasteiger partial charge in [-0.2, -0.15) is 0 Å². The standard InChI is InChI=1S/C23H35N3O4/c1-5-7-19(25-12-14-26(15-13-25)22(29)30-23(2,3)4)21(28)24-18-11-10-17-16(18)8-6-9-20(17)27/h6,8-9,18-19,27H,5,7,10-15H2,1-4H3,(H,24,28). The average molecular weight is 418 g/mol. The number of hydrogen-bond donors (Lipinski definition) is 2. The highest BCUT2D eigenvalue weighted by molar-refractivity contribution is 5.82. The zero-order chi connectivity index (χ0) is 21.9. The van der Waals surface area contributed by atoms with Gasteiger partial charge in [0.25, 0.3) is 0 Å². The van der Waals surface area contributed by atoms with E-state index >= 15 is 0 Å². The molecular weight excluding hydrogens is 382 g/mol. The molecule has 0 saturated carbocycles. The van der Waals surface area contributed by atoms with Crippen LogP contribution in [0.5, 0.6) is 5.75 Å². The van der Waals surface area contributed by atoms with Gasteiger partial charge in [0.1, 0.15) is 11.4 Å². The van der Waals surface area contributed by atoms with Crippen LogP contribution in [0.15, 0.2) is 18.2 Å². The number of benzene rings is 1. The van der Waals surface area contributed by atoms with E-state index in [0.717, 1.165) is 36.8 Å². The molecule has 30 heavy (non-hydrogen) atoms. The van der Waals surface area contributed by atoms with E-state index < -0.39 is 5.60 Å². The number of rotatable bonds is 5. The number of piperazine rings is 1. The number of phenolic OH excluding ortho intramolecular Hbond substituents is 1. The molecule has 7 nitrogen and oxygen atoms in total. The lowest BCUT2D eigenvalue weighted by Crippen LogP contribution is -2.56. The maximum Gasteiger partial charge on any atom is 0.410 e. The van der Waals surface area contributed by atoms with E-state index in [4.69, 9.17) is 4.74 Å². The molecule has 7 heteroatoms. The molecule has 2 N–H and O–H groups in total. The van der Waals surface area contributed by atoms with E-state index in [9.17, 15) is 14.7 Å². The van der Waals surface area contributed by atoms with Gasteiger partial charge in [-0.15, -0.1) is 0 Å². The fourth-order valence-electron chi connectivity index (χ4n) is 4.35. The minimum atomic E-state index is -0.509. The van der Waals surface area contributed by atoms with Crippen molar-refractivity contribution in [1.29, 1.82) is 0 Å². The monoisotopic (exact) mass is 417 g/mol. The van der Waals surface area contributed by atoms with Gasteiger partial charge < -0.3 is 20.1 Å². The van der Waals surface area contributed by atoms with Crippen LogP contribution < -0.4 is 5.32 Å². The van der Waals surface area contributed by atoms with Gasteiger partial charge in [-0.05, 0) is 57.2 Å². The summed E-state index contributed by atoms with van der Waals surface area (Å²) >= 11 is 0. The Bertz CT molecular complexity index is 766. The van der Waals surface area contributed by atoms with Crippen molar-refractivity contribution < 1.29 is 19.4 Å². The molecule has 3 rings (SSSR count). The van der Waals surface area contributed by atoms with Gasteiger partial charge in [-0.25, -0.2) is 4.79 Å². The molecule has 2 atom stereocenters. The van der Waals surface area contributed by atoms with Gasteiger partial charge in [-0.3, -0.25) is 9.69 Å². The fourth-order valence-corrected chi connectivity index (χ4v) is 4.35. The molecule has 1 fully saturated rings. The van der Waals surface area contributed by atoms with Gasteiger partial charge >= 0.3 is 6.09 Å². The van der Waals surface area contributed by atoms with Crippen molar-refractivity contribution in [2.45, 2.75) is 71.1 Å². The molecule has 1 aliphatic heterocycles. The number of amides is 2. The summed E-state index contributed by atoms with van der Waals surface area (Å²) in [6.07, 6.45) is 2.98. The first-order valence-corrected chi connectivity index (χ1v) is 11.0. The Hall–Kier alpha value is -2.28. The predicted molar refractivity (Wildman–Crippen MR) is 115 cm³/mol. The molecule has 0 bridgehead atoms. The highest BCUT2D eigenvalue weighted by Crippen LogP contribution is 2.36. The highest BCUT2D eigenvalue weighted by Gasteiger charge is 2.34. The largest absolute Gasteiger partial charge is 0.508 e. The van der Waals surface area contributed by atoms with Crippen LogP contribution in [-0.2, 0) is 16.0 Å². The fraction of sp³-hybridized carbons (Fsp3) is 0.652. The van der Waals surface area contributed by atoms with Crippen molar-refractivity contribution in [3.8, 4) is 5.75 Å². The number of ether oxygens (including phenoxy) is 1. The predicted octanol–water partition coefficient (Wildman–Crippen LogP) is 3.22. The van der Waals surface area contributed by atoms with Crippen LogP contribution in [0.3, 0.4) is 0 Å². The average Bonchev–Trinajstić information content (AvgIpc) is 3.09. The highest BCUT2D eigenvalue weighted by atomic mass is 16.6. The Morgan fingerprint density at radius 1 is 1.23 bits per heavy atom. The second kappa shape index (κ2) is 9.25. The molecule has 0 spiro atoms. The molecule has 2 aliphatic rings. The molecule has 1 heterocycles. The topological polar surface area (TPSA) is 82.1 Å². The summed E-state index contributed by atoms with van der Waals surface area (Å²) in [5.41, 5.74) is 1.46. The minimum absolute atomic E-state index is 0.0313. The molecule has 1 aromatic carbocycles. The maximum absolute atomic E-state index is 13.2. The number of fused-ring (bicyclic) bond motifs is 1. The van der Waals surface area contributed by atoms with Gasteiger partial charge in [0, 0.05) is 26.2 Å². The third-order valence-corrected chi connectivity index (χ3v) is 5.83. The Kier molecular flexibility index (Phi) is 6.91. The lowest BCUT2D eigenvalue weighted by Gasteiger charge is -2.39. The van der Waals surface area contributed by atoms with Gasteiger partial charge in [0.2, 0.25) is 5.91 Å². The van der Waals surface area contributed by atoms with E-state index in [1.807, 2.05) is 32.9 Å². The number of carbonyl (C=O) groups excluding carboxylic acids is 2. The number of nitrogens with zero attached hydrogens (tertiary/aromatic N) is 2. The molecule has 166 valence electrons. The Labute approximate surface area is 179 Å². The number of carbonyl (C=O) groups is 2. The lowest BCUT2D eigenvalue weighted by atomic mass is 10.0. The third-order valence-electron chi connectivity index (χ3n) is 5.83. The van der Waals surface area contributed by atoms with E-state index in [-0.39, 0.29) is 24.1 Å². The van der Waals surface area contributed by atoms with Crippen molar-refractivity contribution >= 4 is 12.0 Å². The first-order chi connectivity index (χ1) is 14.2. The van der Waals surface area contributed by atoms with E-state index in [1.54, 1.807) is 11.0 Å². The summed E-state index contributed by atoms with van der Waals surface area (Å²) in [5, 5.41) is 13.3. The molecule has 2 unspecified atom stereocenters. The van der Waals surface area contributed by atoms with Gasteiger partial charge in [0.15, 0.2) is 0 Å². The van der Waals surface area contributed by atoms with Crippen molar-refractivity contribution in [3.63, 3.8) is 0 Å². The summed E-state index contributed by atoms with van der Waals surface area (Å²) in [6.45, 7) is 10.1. The SMILES string of the molecule is CCCC(C(=O)NC1CCc2c(O)cccc21)N1CCN(C(=O)OC(C)(C)C)CC1. The Balaban J connectivity index is 1.60. The van der Waals surface area contributed by atoms with Crippen LogP contribution in [-0.4, -0.2) is 64.7 Å². The molecule has 1 saturated heterocycles. The summed E-state index contributed by atoms with van der Waals surface area (Å²) in [4.78, 5) is 29.4. The third kappa shape index (κ3) is 5.25. The summed E-state index contributed by atoms with van der Waals surface area (Å²) in [5.74, 6) is 0.344. The Morgan fingerprint density at radius 2 is 1.93 bits per heavy atom. The van der Waals surface area contributed by atoms with Crippen LogP contribution in [0, 0.1) is 0 Å². The van der Waals surface area contributed by atoms with Crippen molar-refractivity contribution in [2.75, 3.05) is 26.2 Å². The first kappa shape index (κ1) is 22.4. The van der Waals surface area contributed by atoms with E-state index in [1.165, 1.54) is 0 Å². The van der Waals surface area contributed by atoms with Crippen LogP contribution in [0.1, 0.15) is 64.1 Å². The van der Waals surface area contributed by atoms with Crippen LogP contribution >= 0.6 is 0 Å². The van der Waals surface area contributed by atoms with E-state index in [0.29, 0.717) is 31.9 Å². The zero-order valence-corrected chi connectivity index (χ0v) is 18.6. The summed E-state index contributed by atoms with van der Waals surface area (Å²) in [7, 11) is 0. The van der Waals surface area contributed by atoms with Crippen LogP contribution in [0.4, 0.5) is 4.79 Å². The van der Waals surface area contributed by atoms with Crippen molar-refractivity contribution in [2.24, 2.45) is 0 Å². The molecular formula is C23H35N3O4. The second-order valence-corrected chi connectivity index (χ2v) is 9.25. The summed E-state index contributed by atoms with van der Waals surface area (Å²) < 4.78 is 5.47. The smallest absolute Gasteiger partial charge is 0.410 e. The van der Waals surface area contributed by atoms with Gasteiger partial charge in [-0.1, -0.05) is 25.5 Å². The normalized spacial score (nSPS) is 20.5. The molecule has 0 aromatic heterocycles. The van der Waals surface area contributed by atoms with Crippen molar-refractivity contribution in [1.82, 2.24) is 15.1 Å². The van der Waals surface area contributed by atoms with Crippen molar-refractivity contribution in [3.05, 3.63) is 29.3 Å². The van der Waals surface area contributed by atoms with E-state index in [2.05, 4.69) is 17.1 Å². The van der Waals surface area contributed by atoms with Crippen LogP contribution in [0.2, 0.25) is 0 Å². The minimum Gasteiger partial charge on any atom is -0.508 e. The molecule has 1 aliphatic carbocycles. The van der Waals surface area contributed by atoms with Gasteiger partial charge in [0.05, 0.1) is 12.1 Å². The number of phenols is 1. The molecule has 2 amide bonds. The Morgan fingerprint density at radius 3 is 2.57 bits per heavy atom. The first-order valence-electron chi connectivity index (χ1n) is 11.0. The summed E-state index contributed by atoms with van der Waals surface area (Å²) in [6, 6.07) is 5.26. The molecule has 0 radical (unpaired) electrons. The lowest BCUT2D eigenvalue weighted by molar-refractivity contribution is -0.128. The number of nitrogens with one attached hydrogen (secondary N) is 1. The molecule has 1 aromatic rings. The number of aromatic hydroxyl groups is 1.